The van der Waals surface area contributed by atoms with Crippen molar-refractivity contribution < 1.29 is 24.5 Å². The van der Waals surface area contributed by atoms with Crippen LogP contribution in [0.5, 0.6) is 0 Å². The van der Waals surface area contributed by atoms with Crippen LogP contribution in [0.2, 0.25) is 19.6 Å². The summed E-state index contributed by atoms with van der Waals surface area (Å²) in [6.45, 7) is 15.8. The van der Waals surface area contributed by atoms with Gasteiger partial charge in [0.05, 0.1) is 5.58 Å². The van der Waals surface area contributed by atoms with E-state index in [0.29, 0.717) is 5.92 Å². The fourth-order valence-corrected chi connectivity index (χ4v) is 6.61. The Morgan fingerprint density at radius 2 is 1.60 bits per heavy atom. The average Bonchev–Trinajstić information content (AvgIpc) is 3.34. The Balaban J connectivity index is 0.000000243. The second-order valence-electron chi connectivity index (χ2n) is 12.2. The van der Waals surface area contributed by atoms with Gasteiger partial charge < -0.3 is 14.4 Å². The van der Waals surface area contributed by atoms with E-state index in [9.17, 15) is 0 Å². The molecule has 3 aromatic heterocycles. The molecule has 0 N–H and O–H groups in total. The number of furan rings is 1. The van der Waals surface area contributed by atoms with Crippen LogP contribution in [-0.2, 0) is 26.5 Å². The summed E-state index contributed by atoms with van der Waals surface area (Å²) in [5.41, 5.74) is 9.57. The number of aromatic nitrogens is 2. The predicted octanol–water partition coefficient (Wildman–Crippen LogP) is 9.36. The Bertz CT molecular complexity index is 1790. The maximum atomic E-state index is 6.36. The molecule has 6 aromatic rings. The van der Waals surface area contributed by atoms with E-state index in [1.807, 2.05) is 55.7 Å². The second kappa shape index (κ2) is 13.3. The molecule has 6 rings (SSSR count). The summed E-state index contributed by atoms with van der Waals surface area (Å²) in [6.07, 6.45) is 4.95. The quantitative estimate of drug-likeness (QED) is 0.130. The van der Waals surface area contributed by atoms with Gasteiger partial charge in [0.2, 0.25) is 0 Å². The molecule has 0 unspecified atom stereocenters. The zero-order chi connectivity index (χ0) is 29.1. The van der Waals surface area contributed by atoms with Crippen LogP contribution in [0.1, 0.15) is 30.5 Å². The van der Waals surface area contributed by atoms with Gasteiger partial charge >= 0.3 is 0 Å². The van der Waals surface area contributed by atoms with Crippen molar-refractivity contribution in [1.29, 1.82) is 0 Å². The minimum Gasteiger partial charge on any atom is -0.501 e. The fourth-order valence-electron chi connectivity index (χ4n) is 5.11. The molecular weight excluding hydrogens is 709 g/mol. The topological polar surface area (TPSA) is 38.9 Å². The minimum atomic E-state index is -1.55. The summed E-state index contributed by atoms with van der Waals surface area (Å²) in [5.74, 6) is 0.621. The Labute approximate surface area is 264 Å². The molecule has 217 valence electrons. The number of pyridine rings is 2. The summed E-state index contributed by atoms with van der Waals surface area (Å²) in [7, 11) is -1.55. The third kappa shape index (κ3) is 6.98. The molecule has 3 nitrogen and oxygen atoms in total. The molecule has 0 atom stereocenters. The van der Waals surface area contributed by atoms with Gasteiger partial charge in [0.15, 0.2) is 0 Å². The van der Waals surface area contributed by atoms with E-state index in [2.05, 4.69) is 93.9 Å². The standard InChI is InChI=1S/C25H28NOSi.C12H10N.Ir/c1-16(2)13-18-15-26-21(14-17(18)3)19-11-12-23(28(4,5)6)24-20-9-7-8-10-22(20)27-25(19)24;1-10-7-8-12(13-9-10)11-5-3-2-4-6-11;/h7-10,12,14-16H,13H2,1-6H3;2-5,7-9H,1H3;/q2*-1;. The van der Waals surface area contributed by atoms with Gasteiger partial charge in [-0.05, 0) is 54.8 Å². The molecule has 0 fully saturated rings. The second-order valence-corrected chi connectivity index (χ2v) is 17.3. The average molecular weight is 747 g/mol. The van der Waals surface area contributed by atoms with Gasteiger partial charge in [-0.3, -0.25) is 0 Å². The van der Waals surface area contributed by atoms with E-state index >= 15 is 0 Å². The Morgan fingerprint density at radius 3 is 2.24 bits per heavy atom. The molecule has 0 amide bonds. The molecule has 0 spiro atoms. The summed E-state index contributed by atoms with van der Waals surface area (Å²) in [5, 5.41) is 3.83. The molecule has 1 radical (unpaired) electrons. The summed E-state index contributed by atoms with van der Waals surface area (Å²) >= 11 is 0. The SMILES string of the molecule is Cc1cc(-c2[c-]cc([Si](C)(C)C)c3c2oc2ccccc23)ncc1CC(C)C.Cc1ccc(-c2[c-]cccc2)nc1.[Ir]. The van der Waals surface area contributed by atoms with Gasteiger partial charge in [-0.15, -0.1) is 53.2 Å². The first kappa shape index (κ1) is 31.6. The van der Waals surface area contributed by atoms with Crippen molar-refractivity contribution in [3.8, 4) is 22.5 Å². The molecule has 3 heterocycles. The fraction of sp³-hybridized carbons (Fsp3) is 0.243. The maximum Gasteiger partial charge on any atom is 0.120 e. The normalized spacial score (nSPS) is 11.3. The maximum absolute atomic E-state index is 6.36. The van der Waals surface area contributed by atoms with Crippen molar-refractivity contribution in [1.82, 2.24) is 9.97 Å². The Morgan fingerprint density at radius 1 is 0.857 bits per heavy atom. The van der Waals surface area contributed by atoms with Crippen LogP contribution < -0.4 is 5.19 Å². The number of aryl methyl sites for hydroxylation is 2. The van der Waals surface area contributed by atoms with Crippen LogP contribution in [0.4, 0.5) is 0 Å². The zero-order valence-electron chi connectivity index (χ0n) is 25.5. The third-order valence-electron chi connectivity index (χ3n) is 7.26. The van der Waals surface area contributed by atoms with Crippen LogP contribution >= 0.6 is 0 Å². The number of para-hydroxylation sites is 1. The van der Waals surface area contributed by atoms with Gasteiger partial charge in [-0.2, -0.15) is 0 Å². The zero-order valence-corrected chi connectivity index (χ0v) is 28.9. The van der Waals surface area contributed by atoms with Crippen molar-refractivity contribution in [3.63, 3.8) is 0 Å². The minimum absolute atomic E-state index is 0. The molecule has 0 aliphatic heterocycles. The summed E-state index contributed by atoms with van der Waals surface area (Å²) in [4.78, 5) is 9.11. The van der Waals surface area contributed by atoms with Crippen LogP contribution in [0.15, 0.2) is 89.6 Å². The number of fused-ring (bicyclic) bond motifs is 3. The van der Waals surface area contributed by atoms with E-state index in [0.717, 1.165) is 40.1 Å². The van der Waals surface area contributed by atoms with Crippen LogP contribution in [0.25, 0.3) is 44.5 Å². The third-order valence-corrected chi connectivity index (χ3v) is 9.27. The van der Waals surface area contributed by atoms with Gasteiger partial charge in [-0.1, -0.05) is 86.4 Å². The van der Waals surface area contributed by atoms with E-state index < -0.39 is 8.07 Å². The van der Waals surface area contributed by atoms with Crippen molar-refractivity contribution in [2.75, 3.05) is 0 Å². The summed E-state index contributed by atoms with van der Waals surface area (Å²) < 4.78 is 6.36. The van der Waals surface area contributed by atoms with Crippen molar-refractivity contribution in [2.24, 2.45) is 5.92 Å². The molecule has 0 saturated heterocycles. The van der Waals surface area contributed by atoms with Crippen LogP contribution in [-0.4, -0.2) is 18.0 Å². The smallest absolute Gasteiger partial charge is 0.120 e. The monoisotopic (exact) mass is 747 g/mol. The molecule has 0 bridgehead atoms. The van der Waals surface area contributed by atoms with E-state index in [1.54, 1.807) is 0 Å². The van der Waals surface area contributed by atoms with Crippen molar-refractivity contribution in [3.05, 3.63) is 114 Å². The van der Waals surface area contributed by atoms with Crippen LogP contribution in [0, 0.1) is 31.9 Å². The Kier molecular flexibility index (Phi) is 9.99. The molecule has 0 saturated carbocycles. The number of benzene rings is 3. The number of hydrogen-bond acceptors (Lipinski definition) is 3. The van der Waals surface area contributed by atoms with Crippen LogP contribution in [0.3, 0.4) is 0 Å². The van der Waals surface area contributed by atoms with Crippen molar-refractivity contribution >= 4 is 35.2 Å². The first-order chi connectivity index (χ1) is 19.6. The molecule has 5 heteroatoms. The molecular formula is C37H38IrN2OSi-2. The van der Waals surface area contributed by atoms with Gasteiger partial charge in [-0.25, -0.2) is 0 Å². The molecule has 0 aliphatic carbocycles. The largest absolute Gasteiger partial charge is 0.501 e. The van der Waals surface area contributed by atoms with E-state index in [1.165, 1.54) is 32.6 Å². The number of nitrogens with zero attached hydrogens (tertiary/aromatic N) is 2. The van der Waals surface area contributed by atoms with Gasteiger partial charge in [0, 0.05) is 46.0 Å². The number of hydrogen-bond donors (Lipinski definition) is 0. The molecule has 42 heavy (non-hydrogen) atoms. The van der Waals surface area contributed by atoms with Crippen molar-refractivity contribution in [2.45, 2.75) is 53.8 Å². The first-order valence-corrected chi connectivity index (χ1v) is 17.8. The van der Waals surface area contributed by atoms with E-state index in [4.69, 9.17) is 9.40 Å². The predicted molar refractivity (Wildman–Crippen MR) is 175 cm³/mol. The van der Waals surface area contributed by atoms with Gasteiger partial charge in [0.1, 0.15) is 5.58 Å². The first-order valence-electron chi connectivity index (χ1n) is 14.3. The number of rotatable bonds is 5. The summed E-state index contributed by atoms with van der Waals surface area (Å²) in [6, 6.07) is 31.3. The molecule has 3 aromatic carbocycles. The van der Waals surface area contributed by atoms with Gasteiger partial charge in [0.25, 0.3) is 0 Å². The Hall–Kier alpha value is -3.37. The van der Waals surface area contributed by atoms with E-state index in [-0.39, 0.29) is 20.1 Å². The molecule has 0 aliphatic rings.